The van der Waals surface area contributed by atoms with Crippen molar-refractivity contribution in [1.82, 2.24) is 5.32 Å². The second-order valence-electron chi connectivity index (χ2n) is 3.48. The van der Waals surface area contributed by atoms with Crippen LogP contribution in [0.25, 0.3) is 6.08 Å². The van der Waals surface area contributed by atoms with E-state index < -0.39 is 10.7 Å². The minimum atomic E-state index is -0.771. The van der Waals surface area contributed by atoms with E-state index in [0.29, 0.717) is 5.56 Å². The van der Waals surface area contributed by atoms with Crippen LogP contribution < -0.4 is 11.1 Å². The fourth-order valence-corrected chi connectivity index (χ4v) is 1.31. The van der Waals surface area contributed by atoms with Gasteiger partial charge in [0.05, 0.1) is 16.7 Å². The number of anilines is 1. The average molecular weight is 239 g/mol. The zero-order chi connectivity index (χ0) is 12.8. The van der Waals surface area contributed by atoms with Crippen molar-refractivity contribution in [2.75, 3.05) is 19.3 Å². The summed E-state index contributed by atoms with van der Waals surface area (Å²) in [6, 6.07) is 2.08. The van der Waals surface area contributed by atoms with Gasteiger partial charge in [0.15, 0.2) is 5.82 Å². The summed E-state index contributed by atoms with van der Waals surface area (Å²) in [4.78, 5) is 9.91. The number of nitrogens with one attached hydrogen (secondary N) is 1. The first kappa shape index (κ1) is 13.1. The van der Waals surface area contributed by atoms with Crippen LogP contribution in [0.2, 0.25) is 0 Å². The average Bonchev–Trinajstić information content (AvgIpc) is 2.29. The summed E-state index contributed by atoms with van der Waals surface area (Å²) in [5.74, 6) is -0.771. The number of halogens is 1. The minimum absolute atomic E-state index is 0.0729. The molecular formula is C11H14FN3O2. The van der Waals surface area contributed by atoms with Gasteiger partial charge in [0.1, 0.15) is 0 Å². The van der Waals surface area contributed by atoms with Gasteiger partial charge in [-0.15, -0.1) is 0 Å². The number of hydrogen-bond donors (Lipinski definition) is 2. The van der Waals surface area contributed by atoms with Crippen molar-refractivity contribution in [3.8, 4) is 0 Å². The molecule has 0 aliphatic heterocycles. The second kappa shape index (κ2) is 5.95. The van der Waals surface area contributed by atoms with Crippen molar-refractivity contribution in [2.45, 2.75) is 6.42 Å². The van der Waals surface area contributed by atoms with Gasteiger partial charge < -0.3 is 11.1 Å². The summed E-state index contributed by atoms with van der Waals surface area (Å²) >= 11 is 0. The Morgan fingerprint density at radius 3 is 2.88 bits per heavy atom. The van der Waals surface area contributed by atoms with E-state index in [9.17, 15) is 14.5 Å². The first-order valence-corrected chi connectivity index (χ1v) is 5.10. The smallest absolute Gasteiger partial charge is 0.273 e. The van der Waals surface area contributed by atoms with Gasteiger partial charge in [-0.3, -0.25) is 10.1 Å². The molecule has 0 aromatic heterocycles. The molecule has 1 aromatic rings. The first-order chi connectivity index (χ1) is 8.06. The van der Waals surface area contributed by atoms with Gasteiger partial charge in [-0.05, 0) is 20.0 Å². The molecule has 0 saturated carbocycles. The van der Waals surface area contributed by atoms with E-state index in [4.69, 9.17) is 5.73 Å². The highest BCUT2D eigenvalue weighted by Crippen LogP contribution is 2.24. The molecule has 0 atom stereocenters. The third-order valence-electron chi connectivity index (χ3n) is 2.22. The number of nitrogens with two attached hydrogens (primary N) is 1. The molecule has 0 radical (unpaired) electrons. The highest BCUT2D eigenvalue weighted by atomic mass is 19.1. The lowest BCUT2D eigenvalue weighted by Gasteiger charge is -2.02. The monoisotopic (exact) mass is 239 g/mol. The van der Waals surface area contributed by atoms with Crippen molar-refractivity contribution in [1.29, 1.82) is 0 Å². The fourth-order valence-electron chi connectivity index (χ4n) is 1.31. The van der Waals surface area contributed by atoms with Crippen molar-refractivity contribution < 1.29 is 9.31 Å². The van der Waals surface area contributed by atoms with E-state index in [-0.39, 0.29) is 11.4 Å². The molecule has 0 fully saturated rings. The van der Waals surface area contributed by atoms with Gasteiger partial charge in [0, 0.05) is 11.6 Å². The molecule has 0 spiro atoms. The lowest BCUT2D eigenvalue weighted by atomic mass is 10.1. The number of nitrogen functional groups attached to an aromatic ring is 1. The Morgan fingerprint density at radius 2 is 2.29 bits per heavy atom. The van der Waals surface area contributed by atoms with E-state index in [1.165, 1.54) is 6.07 Å². The number of nitrogens with zero attached hydrogens (tertiary/aromatic N) is 1. The maximum atomic E-state index is 13.3. The van der Waals surface area contributed by atoms with Gasteiger partial charge in [-0.25, -0.2) is 4.39 Å². The van der Waals surface area contributed by atoms with Gasteiger partial charge in [-0.1, -0.05) is 12.2 Å². The molecule has 0 unspecified atom stereocenters. The van der Waals surface area contributed by atoms with Crippen molar-refractivity contribution in [3.63, 3.8) is 0 Å². The van der Waals surface area contributed by atoms with Gasteiger partial charge in [0.25, 0.3) is 5.69 Å². The number of benzene rings is 1. The summed E-state index contributed by atoms with van der Waals surface area (Å²) in [7, 11) is 1.81. The third-order valence-corrected chi connectivity index (χ3v) is 2.22. The Labute approximate surface area is 98.3 Å². The van der Waals surface area contributed by atoms with E-state index >= 15 is 0 Å². The summed E-state index contributed by atoms with van der Waals surface area (Å²) in [6.07, 6.45) is 4.11. The molecule has 92 valence electrons. The lowest BCUT2D eigenvalue weighted by Crippen LogP contribution is -2.05. The molecule has 0 saturated heterocycles. The van der Waals surface area contributed by atoms with E-state index in [2.05, 4.69) is 5.32 Å². The van der Waals surface area contributed by atoms with Crippen LogP contribution in [-0.4, -0.2) is 18.5 Å². The highest BCUT2D eigenvalue weighted by Gasteiger charge is 2.12. The van der Waals surface area contributed by atoms with Crippen molar-refractivity contribution >= 4 is 17.5 Å². The third kappa shape index (κ3) is 3.53. The molecule has 1 aromatic carbocycles. The molecule has 3 N–H and O–H groups in total. The molecule has 0 aliphatic rings. The molecule has 1 rings (SSSR count). The highest BCUT2D eigenvalue weighted by molar-refractivity contribution is 5.67. The molecule has 0 heterocycles. The van der Waals surface area contributed by atoms with Crippen LogP contribution in [-0.2, 0) is 0 Å². The van der Waals surface area contributed by atoms with Crippen LogP contribution in [0.15, 0.2) is 18.2 Å². The number of non-ortho nitro benzene ring substituents is 1. The van der Waals surface area contributed by atoms with Crippen molar-refractivity contribution in [3.05, 3.63) is 39.7 Å². The van der Waals surface area contributed by atoms with Gasteiger partial charge in [-0.2, -0.15) is 0 Å². The van der Waals surface area contributed by atoms with Crippen LogP contribution >= 0.6 is 0 Å². The maximum Gasteiger partial charge on any atom is 0.273 e. The van der Waals surface area contributed by atoms with Crippen LogP contribution in [0, 0.1) is 15.9 Å². The predicted octanol–water partition coefficient (Wildman–Crippen LogP) is 1.94. The fraction of sp³-hybridized carbons (Fsp3) is 0.273. The van der Waals surface area contributed by atoms with E-state index in [0.717, 1.165) is 19.0 Å². The van der Waals surface area contributed by atoms with Gasteiger partial charge in [0.2, 0.25) is 0 Å². The molecule has 6 heteroatoms. The number of nitro groups is 1. The Bertz CT molecular complexity index is 447. The topological polar surface area (TPSA) is 81.2 Å². The number of hydrogen-bond acceptors (Lipinski definition) is 4. The quantitative estimate of drug-likeness (QED) is 0.356. The van der Waals surface area contributed by atoms with Gasteiger partial charge >= 0.3 is 0 Å². The Kier molecular flexibility index (Phi) is 4.59. The molecule has 0 aliphatic carbocycles. The molecular weight excluding hydrogens is 225 g/mol. The maximum absolute atomic E-state index is 13.3. The van der Waals surface area contributed by atoms with Crippen molar-refractivity contribution in [2.24, 2.45) is 0 Å². The van der Waals surface area contributed by atoms with E-state index in [1.807, 2.05) is 7.05 Å². The molecule has 5 nitrogen and oxygen atoms in total. The summed E-state index contributed by atoms with van der Waals surface area (Å²) < 4.78 is 13.3. The van der Waals surface area contributed by atoms with Crippen LogP contribution in [0.5, 0.6) is 0 Å². The summed E-state index contributed by atoms with van der Waals surface area (Å²) in [5.41, 5.74) is 5.45. The largest absolute Gasteiger partial charge is 0.396 e. The zero-order valence-corrected chi connectivity index (χ0v) is 9.44. The van der Waals surface area contributed by atoms with Crippen LogP contribution in [0.3, 0.4) is 0 Å². The Hall–Kier alpha value is -1.95. The number of rotatable bonds is 5. The normalized spacial score (nSPS) is 10.9. The van der Waals surface area contributed by atoms with Crippen LogP contribution in [0.4, 0.5) is 15.8 Å². The lowest BCUT2D eigenvalue weighted by molar-refractivity contribution is -0.385. The molecule has 17 heavy (non-hydrogen) atoms. The predicted molar refractivity (Wildman–Crippen MR) is 65.0 cm³/mol. The first-order valence-electron chi connectivity index (χ1n) is 5.10. The van der Waals surface area contributed by atoms with E-state index in [1.54, 1.807) is 12.2 Å². The summed E-state index contributed by atoms with van der Waals surface area (Å²) in [5, 5.41) is 13.5. The Balaban J connectivity index is 2.97. The molecule has 0 bridgehead atoms. The second-order valence-corrected chi connectivity index (χ2v) is 3.48. The molecule has 0 amide bonds. The Morgan fingerprint density at radius 1 is 1.59 bits per heavy atom. The minimum Gasteiger partial charge on any atom is -0.396 e. The zero-order valence-electron chi connectivity index (χ0n) is 9.44. The summed E-state index contributed by atoms with van der Waals surface area (Å²) in [6.45, 7) is 0.772. The standard InChI is InChI=1S/C11H14FN3O2/c1-14-5-3-2-4-8-6-9(15(16)17)7-10(12)11(8)13/h2,4,6-7,14H,3,5,13H2,1H3. The van der Waals surface area contributed by atoms with Crippen LogP contribution in [0.1, 0.15) is 12.0 Å². The SMILES string of the molecule is CNCCC=Cc1cc([N+](=O)[O-])cc(F)c1N. The number of nitro benzene ring substituents is 1.